The first-order valence-corrected chi connectivity index (χ1v) is 8.28. The molecule has 0 spiro atoms. The Morgan fingerprint density at radius 3 is 2.52 bits per heavy atom. The van der Waals surface area contributed by atoms with Crippen molar-refractivity contribution in [3.63, 3.8) is 0 Å². The Morgan fingerprint density at radius 2 is 1.84 bits per heavy atom. The zero-order valence-electron chi connectivity index (χ0n) is 12.6. The molecule has 2 aromatic carbocycles. The summed E-state index contributed by atoms with van der Waals surface area (Å²) in [7, 11) is 0. The maximum Gasteiger partial charge on any atom is 0.280 e. The molecule has 0 aliphatic carbocycles. The third kappa shape index (κ3) is 3.72. The molecule has 0 fully saturated rings. The molecule has 3 aromatic rings. The molecule has 1 aromatic heterocycles. The van der Waals surface area contributed by atoms with Crippen LogP contribution in [0.3, 0.4) is 0 Å². The molecule has 0 unspecified atom stereocenters. The second-order valence-corrected chi connectivity index (χ2v) is 6.36. The predicted octanol–water partition coefficient (Wildman–Crippen LogP) is 3.61. The molecular weight excluding hydrogens is 410 g/mol. The van der Waals surface area contributed by atoms with Crippen LogP contribution in [0.1, 0.15) is 10.5 Å². The molecule has 0 aliphatic heterocycles. The van der Waals surface area contributed by atoms with Gasteiger partial charge in [0.15, 0.2) is 11.4 Å². The fourth-order valence-corrected chi connectivity index (χ4v) is 2.57. The Morgan fingerprint density at radius 1 is 1.16 bits per heavy atom. The molecule has 0 saturated carbocycles. The lowest BCUT2D eigenvalue weighted by Gasteiger charge is -2.10. The maximum atomic E-state index is 12.4. The van der Waals surface area contributed by atoms with Gasteiger partial charge < -0.3 is 10.4 Å². The average molecular weight is 421 g/mol. The van der Waals surface area contributed by atoms with E-state index in [0.29, 0.717) is 16.4 Å². The number of rotatable bonds is 3. The summed E-state index contributed by atoms with van der Waals surface area (Å²) < 4.78 is 1.87. The van der Waals surface area contributed by atoms with E-state index in [0.717, 1.165) is 15.2 Å². The number of hydrogen-bond donors (Lipinski definition) is 2. The van der Waals surface area contributed by atoms with E-state index in [1.807, 2.05) is 0 Å². The van der Waals surface area contributed by atoms with Gasteiger partial charge in [-0.3, -0.25) is 9.59 Å². The van der Waals surface area contributed by atoms with Crippen molar-refractivity contribution in [3.8, 4) is 11.4 Å². The molecule has 0 bridgehead atoms. The van der Waals surface area contributed by atoms with Gasteiger partial charge in [-0.15, -0.1) is 0 Å². The van der Waals surface area contributed by atoms with Crippen LogP contribution in [0.5, 0.6) is 5.75 Å². The smallest absolute Gasteiger partial charge is 0.280 e. The number of halogens is 2. The van der Waals surface area contributed by atoms with Gasteiger partial charge in [0.05, 0.1) is 16.4 Å². The van der Waals surface area contributed by atoms with Crippen molar-refractivity contribution in [2.24, 2.45) is 0 Å². The molecule has 126 valence electrons. The number of nitrogens with zero attached hydrogens (tertiary/aromatic N) is 2. The third-order valence-electron chi connectivity index (χ3n) is 3.32. The number of amides is 1. The van der Waals surface area contributed by atoms with E-state index in [1.165, 1.54) is 0 Å². The van der Waals surface area contributed by atoms with Crippen LogP contribution in [0.2, 0.25) is 5.02 Å². The summed E-state index contributed by atoms with van der Waals surface area (Å²) in [6, 6.07) is 14.4. The zero-order valence-corrected chi connectivity index (χ0v) is 15.0. The van der Waals surface area contributed by atoms with E-state index in [4.69, 9.17) is 11.6 Å². The number of para-hydroxylation sites is 1. The highest BCUT2D eigenvalue weighted by Gasteiger charge is 2.18. The quantitative estimate of drug-likeness (QED) is 0.678. The van der Waals surface area contributed by atoms with Crippen molar-refractivity contribution in [1.82, 2.24) is 9.78 Å². The zero-order chi connectivity index (χ0) is 18.0. The van der Waals surface area contributed by atoms with Crippen LogP contribution in [0.4, 0.5) is 5.69 Å². The molecule has 1 heterocycles. The highest BCUT2D eigenvalue weighted by atomic mass is 79.9. The third-order valence-corrected chi connectivity index (χ3v) is 4.18. The van der Waals surface area contributed by atoms with Gasteiger partial charge in [-0.1, -0.05) is 39.7 Å². The lowest BCUT2D eigenvalue weighted by Crippen LogP contribution is -2.25. The molecule has 8 heteroatoms. The summed E-state index contributed by atoms with van der Waals surface area (Å²) in [5.74, 6) is -1.20. The number of hydrogen-bond acceptors (Lipinski definition) is 4. The van der Waals surface area contributed by atoms with Crippen molar-refractivity contribution < 1.29 is 9.90 Å². The minimum Gasteiger partial charge on any atom is -0.505 e. The lowest BCUT2D eigenvalue weighted by atomic mass is 10.2. The van der Waals surface area contributed by atoms with Gasteiger partial charge in [-0.25, -0.2) is 0 Å². The summed E-state index contributed by atoms with van der Waals surface area (Å²) in [6.45, 7) is 0. The number of carbonyl (C=O) groups is 1. The lowest BCUT2D eigenvalue weighted by molar-refractivity contribution is 0.101. The van der Waals surface area contributed by atoms with E-state index in [1.54, 1.807) is 48.5 Å². The summed E-state index contributed by atoms with van der Waals surface area (Å²) in [5, 5.41) is 16.8. The van der Waals surface area contributed by atoms with Crippen LogP contribution >= 0.6 is 27.5 Å². The molecule has 0 aliphatic rings. The Kier molecular flexibility index (Phi) is 4.87. The normalized spacial score (nSPS) is 10.5. The van der Waals surface area contributed by atoms with E-state index < -0.39 is 17.2 Å². The van der Waals surface area contributed by atoms with Gasteiger partial charge in [-0.2, -0.15) is 9.78 Å². The number of aromatic hydroxyl groups is 1. The largest absolute Gasteiger partial charge is 0.505 e. The second-order valence-electron chi connectivity index (χ2n) is 5.04. The van der Waals surface area contributed by atoms with Crippen molar-refractivity contribution in [2.75, 3.05) is 5.32 Å². The summed E-state index contributed by atoms with van der Waals surface area (Å²) in [4.78, 5) is 24.5. The number of nitrogens with one attached hydrogen (secondary N) is 1. The van der Waals surface area contributed by atoms with Crippen molar-refractivity contribution >= 4 is 39.1 Å². The Bertz CT molecular complexity index is 1000. The topological polar surface area (TPSA) is 84.2 Å². The molecule has 2 N–H and O–H groups in total. The summed E-state index contributed by atoms with van der Waals surface area (Å²) in [5.41, 5.74) is -0.0201. The van der Waals surface area contributed by atoms with Gasteiger partial charge in [-0.05, 0) is 36.4 Å². The van der Waals surface area contributed by atoms with E-state index in [9.17, 15) is 14.7 Å². The summed E-state index contributed by atoms with van der Waals surface area (Å²) in [6.07, 6.45) is 0. The predicted molar refractivity (Wildman–Crippen MR) is 98.6 cm³/mol. The first-order valence-electron chi connectivity index (χ1n) is 7.11. The van der Waals surface area contributed by atoms with Gasteiger partial charge in [0.25, 0.3) is 11.5 Å². The highest BCUT2D eigenvalue weighted by molar-refractivity contribution is 9.10. The molecule has 25 heavy (non-hydrogen) atoms. The average Bonchev–Trinajstić information content (AvgIpc) is 2.58. The molecule has 0 radical (unpaired) electrons. The number of carbonyl (C=O) groups excluding carboxylic acids is 1. The Labute approximate surface area is 155 Å². The van der Waals surface area contributed by atoms with Crippen LogP contribution < -0.4 is 10.9 Å². The van der Waals surface area contributed by atoms with E-state index in [2.05, 4.69) is 26.3 Å². The van der Waals surface area contributed by atoms with Crippen LogP contribution in [0.25, 0.3) is 5.69 Å². The van der Waals surface area contributed by atoms with Crippen LogP contribution in [0, 0.1) is 0 Å². The minimum atomic E-state index is -0.684. The summed E-state index contributed by atoms with van der Waals surface area (Å²) >= 11 is 9.31. The first-order chi connectivity index (χ1) is 12.0. The number of benzene rings is 2. The molecule has 0 atom stereocenters. The van der Waals surface area contributed by atoms with E-state index >= 15 is 0 Å². The highest BCUT2D eigenvalue weighted by Crippen LogP contribution is 2.22. The van der Waals surface area contributed by atoms with Crippen LogP contribution in [-0.2, 0) is 0 Å². The molecule has 1 amide bonds. The van der Waals surface area contributed by atoms with Crippen molar-refractivity contribution in [2.45, 2.75) is 0 Å². The second kappa shape index (κ2) is 7.08. The van der Waals surface area contributed by atoms with E-state index in [-0.39, 0.29) is 5.69 Å². The van der Waals surface area contributed by atoms with Crippen LogP contribution in [-0.4, -0.2) is 20.8 Å². The van der Waals surface area contributed by atoms with Gasteiger partial charge in [0, 0.05) is 10.5 Å². The van der Waals surface area contributed by atoms with Crippen molar-refractivity contribution in [1.29, 1.82) is 0 Å². The maximum absolute atomic E-state index is 12.4. The SMILES string of the molecule is O=C(Nc1ccccc1Cl)c1nn(-c2ccc(Br)cc2)c(=O)cc1O. The van der Waals surface area contributed by atoms with Gasteiger partial charge in [0.1, 0.15) is 0 Å². The minimum absolute atomic E-state index is 0.289. The monoisotopic (exact) mass is 419 g/mol. The first kappa shape index (κ1) is 17.2. The van der Waals surface area contributed by atoms with Gasteiger partial charge in [0.2, 0.25) is 0 Å². The molecular formula is C17H11BrClN3O3. The Hall–Kier alpha value is -2.64. The number of aromatic nitrogens is 2. The molecule has 0 saturated heterocycles. The van der Waals surface area contributed by atoms with Crippen LogP contribution in [0.15, 0.2) is 63.9 Å². The molecule has 3 rings (SSSR count). The number of anilines is 1. The standard InChI is InChI=1S/C17H11BrClN3O3/c18-10-5-7-11(8-6-10)22-15(24)9-14(23)16(21-22)17(25)20-13-4-2-1-3-12(13)19/h1-9,23H,(H,20,25). The Balaban J connectivity index is 2.00. The van der Waals surface area contributed by atoms with Crippen molar-refractivity contribution in [3.05, 3.63) is 80.1 Å². The molecule has 6 nitrogen and oxygen atoms in total. The fourth-order valence-electron chi connectivity index (χ4n) is 2.12. The van der Waals surface area contributed by atoms with Gasteiger partial charge >= 0.3 is 0 Å². The fraction of sp³-hybridized carbons (Fsp3) is 0.